The van der Waals surface area contributed by atoms with E-state index in [1.165, 1.54) is 25.7 Å². The lowest BCUT2D eigenvalue weighted by Gasteiger charge is -2.57. The van der Waals surface area contributed by atoms with E-state index in [-0.39, 0.29) is 5.41 Å². The molecule has 3 N–H and O–H groups in total. The summed E-state index contributed by atoms with van der Waals surface area (Å²) >= 11 is 0. The quantitative estimate of drug-likeness (QED) is 0.740. The average molecular weight is 209 g/mol. The van der Waals surface area contributed by atoms with Crippen LogP contribution in [0.3, 0.4) is 0 Å². The minimum atomic E-state index is -0.658. The summed E-state index contributed by atoms with van der Waals surface area (Å²) in [7, 11) is 0. The first-order valence-corrected chi connectivity index (χ1v) is 6.11. The second-order valence-electron chi connectivity index (χ2n) is 5.71. The normalized spacial score (nSPS) is 51.3. The molecule has 0 radical (unpaired) electrons. The summed E-state index contributed by atoms with van der Waals surface area (Å²) < 4.78 is 0. The molecule has 0 aromatic carbocycles. The van der Waals surface area contributed by atoms with Crippen LogP contribution >= 0.6 is 0 Å². The van der Waals surface area contributed by atoms with Crippen molar-refractivity contribution in [2.45, 2.75) is 32.1 Å². The third-order valence-corrected chi connectivity index (χ3v) is 5.51. The van der Waals surface area contributed by atoms with Crippen molar-refractivity contribution in [3.05, 3.63) is 0 Å². The van der Waals surface area contributed by atoms with Crippen molar-refractivity contribution in [1.29, 1.82) is 0 Å². The lowest BCUT2D eigenvalue weighted by molar-refractivity contribution is -0.153. The van der Waals surface area contributed by atoms with E-state index in [4.69, 9.17) is 10.8 Å². The van der Waals surface area contributed by atoms with Gasteiger partial charge in [0.25, 0.3) is 0 Å². The molecular weight excluding hydrogens is 190 g/mol. The molecule has 3 aliphatic rings. The molecule has 3 saturated carbocycles. The van der Waals surface area contributed by atoms with E-state index in [1.807, 2.05) is 0 Å². The third kappa shape index (κ3) is 1.02. The topological polar surface area (TPSA) is 63.3 Å². The number of hydrogen-bond acceptors (Lipinski definition) is 2. The first-order valence-electron chi connectivity index (χ1n) is 6.11. The lowest BCUT2D eigenvalue weighted by Crippen LogP contribution is -2.58. The average Bonchev–Trinajstić information content (AvgIpc) is 2.67. The minimum absolute atomic E-state index is 0.0260. The van der Waals surface area contributed by atoms with Gasteiger partial charge in [0.1, 0.15) is 0 Å². The number of aliphatic carboxylic acids is 1. The van der Waals surface area contributed by atoms with Gasteiger partial charge >= 0.3 is 5.97 Å². The molecule has 0 bridgehead atoms. The molecule has 0 spiro atoms. The SMILES string of the molecule is NC[C@]1(CC(=O)O)C2CC[C@H]3CC[C@@H]1[C@@H]23. The summed E-state index contributed by atoms with van der Waals surface area (Å²) in [4.78, 5) is 11.0. The molecule has 3 aliphatic carbocycles. The predicted octanol–water partition coefficient (Wildman–Crippen LogP) is 1.47. The molecule has 0 amide bonds. The molecule has 5 atom stereocenters. The molecule has 15 heavy (non-hydrogen) atoms. The molecule has 0 heterocycles. The van der Waals surface area contributed by atoms with Gasteiger partial charge in [0.15, 0.2) is 0 Å². The number of rotatable bonds is 3. The van der Waals surface area contributed by atoms with Gasteiger partial charge in [-0.3, -0.25) is 4.79 Å². The van der Waals surface area contributed by atoms with Crippen LogP contribution < -0.4 is 5.73 Å². The number of nitrogens with two attached hydrogens (primary N) is 1. The molecular formula is C12H19NO2. The highest BCUT2D eigenvalue weighted by Crippen LogP contribution is 2.71. The van der Waals surface area contributed by atoms with Gasteiger partial charge in [0.2, 0.25) is 0 Å². The highest BCUT2D eigenvalue weighted by Gasteiger charge is 2.67. The number of carboxylic acids is 1. The highest BCUT2D eigenvalue weighted by atomic mass is 16.4. The Balaban J connectivity index is 1.88. The zero-order valence-corrected chi connectivity index (χ0v) is 8.98. The van der Waals surface area contributed by atoms with Crippen molar-refractivity contribution in [3.8, 4) is 0 Å². The fourth-order valence-electron chi connectivity index (χ4n) is 5.06. The van der Waals surface area contributed by atoms with Crippen molar-refractivity contribution >= 4 is 5.97 Å². The van der Waals surface area contributed by atoms with E-state index in [2.05, 4.69) is 0 Å². The fourth-order valence-corrected chi connectivity index (χ4v) is 5.06. The van der Waals surface area contributed by atoms with Crippen LogP contribution in [0.2, 0.25) is 0 Å². The Morgan fingerprint density at radius 1 is 1.27 bits per heavy atom. The van der Waals surface area contributed by atoms with Crippen molar-refractivity contribution < 1.29 is 9.90 Å². The van der Waals surface area contributed by atoms with Crippen LogP contribution in [0.4, 0.5) is 0 Å². The second-order valence-corrected chi connectivity index (χ2v) is 5.71. The van der Waals surface area contributed by atoms with Crippen LogP contribution in [0.15, 0.2) is 0 Å². The Labute approximate surface area is 90.0 Å². The lowest BCUT2D eigenvalue weighted by atomic mass is 9.47. The van der Waals surface area contributed by atoms with Gasteiger partial charge in [0.05, 0.1) is 6.42 Å². The summed E-state index contributed by atoms with van der Waals surface area (Å²) in [5, 5.41) is 9.04. The van der Waals surface area contributed by atoms with Crippen molar-refractivity contribution in [2.24, 2.45) is 34.8 Å². The van der Waals surface area contributed by atoms with Crippen LogP contribution in [0, 0.1) is 29.1 Å². The summed E-state index contributed by atoms with van der Waals surface area (Å²) in [6, 6.07) is 0. The van der Waals surface area contributed by atoms with Gasteiger partial charge in [0, 0.05) is 0 Å². The van der Waals surface area contributed by atoms with Crippen molar-refractivity contribution in [2.75, 3.05) is 6.54 Å². The Morgan fingerprint density at radius 3 is 2.33 bits per heavy atom. The molecule has 1 unspecified atom stereocenters. The Hall–Kier alpha value is -0.570. The Bertz CT molecular complexity index is 286. The van der Waals surface area contributed by atoms with Crippen LogP contribution in [0.1, 0.15) is 32.1 Å². The highest BCUT2D eigenvalue weighted by molar-refractivity contribution is 5.68. The van der Waals surface area contributed by atoms with E-state index in [0.29, 0.717) is 24.8 Å². The monoisotopic (exact) mass is 209 g/mol. The van der Waals surface area contributed by atoms with E-state index in [0.717, 1.165) is 11.8 Å². The van der Waals surface area contributed by atoms with Gasteiger partial charge in [-0.15, -0.1) is 0 Å². The molecule has 3 rings (SSSR count). The van der Waals surface area contributed by atoms with E-state index >= 15 is 0 Å². The maximum Gasteiger partial charge on any atom is 0.303 e. The van der Waals surface area contributed by atoms with Gasteiger partial charge < -0.3 is 10.8 Å². The molecule has 3 fully saturated rings. The van der Waals surface area contributed by atoms with Gasteiger partial charge in [-0.05, 0) is 61.3 Å². The second kappa shape index (κ2) is 2.97. The Kier molecular flexibility index (Phi) is 1.91. The van der Waals surface area contributed by atoms with E-state index in [9.17, 15) is 4.79 Å². The Morgan fingerprint density at radius 2 is 1.87 bits per heavy atom. The first-order chi connectivity index (χ1) is 7.19. The zero-order chi connectivity index (χ0) is 10.6. The third-order valence-electron chi connectivity index (χ3n) is 5.51. The number of carbonyl (C=O) groups is 1. The van der Waals surface area contributed by atoms with Gasteiger partial charge in [-0.1, -0.05) is 0 Å². The summed E-state index contributed by atoms with van der Waals surface area (Å²) in [5.74, 6) is 2.36. The standard InChI is InChI=1S/C12H19NO2/c13-6-12(5-10(14)15)8-3-1-7-2-4-9(12)11(7)8/h7-9,11H,1-6,13H2,(H,14,15)/t7-,8-,9?,11+,12+/m1/s1. The largest absolute Gasteiger partial charge is 0.481 e. The van der Waals surface area contributed by atoms with Crippen LogP contribution in [0.25, 0.3) is 0 Å². The molecule has 0 aromatic heterocycles. The summed E-state index contributed by atoms with van der Waals surface area (Å²) in [5.41, 5.74) is 5.87. The predicted molar refractivity (Wildman–Crippen MR) is 56.2 cm³/mol. The number of carboxylic acid groups (broad SMARTS) is 1. The van der Waals surface area contributed by atoms with Crippen LogP contribution in [-0.4, -0.2) is 17.6 Å². The van der Waals surface area contributed by atoms with Gasteiger partial charge in [-0.25, -0.2) is 0 Å². The molecule has 0 aromatic rings. The van der Waals surface area contributed by atoms with Crippen LogP contribution in [-0.2, 0) is 4.79 Å². The summed E-state index contributed by atoms with van der Waals surface area (Å²) in [6.45, 7) is 0.581. The van der Waals surface area contributed by atoms with E-state index < -0.39 is 5.97 Å². The first kappa shape index (κ1) is 9.64. The zero-order valence-electron chi connectivity index (χ0n) is 8.98. The number of hydrogen-bond donors (Lipinski definition) is 2. The van der Waals surface area contributed by atoms with E-state index in [1.54, 1.807) is 0 Å². The minimum Gasteiger partial charge on any atom is -0.481 e. The van der Waals surface area contributed by atoms with Crippen molar-refractivity contribution in [1.82, 2.24) is 0 Å². The molecule has 3 heteroatoms. The van der Waals surface area contributed by atoms with Crippen molar-refractivity contribution in [3.63, 3.8) is 0 Å². The molecule has 3 nitrogen and oxygen atoms in total. The maximum atomic E-state index is 11.0. The smallest absolute Gasteiger partial charge is 0.303 e. The molecule has 0 aliphatic heterocycles. The fraction of sp³-hybridized carbons (Fsp3) is 0.917. The molecule has 84 valence electrons. The maximum absolute atomic E-state index is 11.0. The molecule has 0 saturated heterocycles. The summed E-state index contributed by atoms with van der Waals surface area (Å²) in [6.07, 6.45) is 5.43. The van der Waals surface area contributed by atoms with Crippen LogP contribution in [0.5, 0.6) is 0 Å². The van der Waals surface area contributed by atoms with Gasteiger partial charge in [-0.2, -0.15) is 0 Å².